The van der Waals surface area contributed by atoms with Crippen LogP contribution in [0.1, 0.15) is 11.6 Å². The topological polar surface area (TPSA) is 58.6 Å². The molecule has 1 N–H and O–H groups in total. The molecule has 0 spiro atoms. The number of hydrogen-bond donors (Lipinski definition) is 1. The Morgan fingerprint density at radius 3 is 2.31 bits per heavy atom. The molecule has 0 saturated carbocycles. The molecule has 1 saturated heterocycles. The number of nitrogens with one attached hydrogen (secondary N) is 1. The molecule has 1 atom stereocenters. The van der Waals surface area contributed by atoms with E-state index in [4.69, 9.17) is 4.74 Å². The van der Waals surface area contributed by atoms with Gasteiger partial charge in [-0.3, -0.25) is 4.90 Å². The summed E-state index contributed by atoms with van der Waals surface area (Å²) < 4.78 is 34.0. The van der Waals surface area contributed by atoms with Gasteiger partial charge in [-0.15, -0.1) is 0 Å². The van der Waals surface area contributed by atoms with E-state index in [2.05, 4.69) is 21.1 Å². The molecule has 2 aromatic carbocycles. The van der Waals surface area contributed by atoms with Gasteiger partial charge in [0, 0.05) is 25.7 Å². The first kappa shape index (κ1) is 20.3. The van der Waals surface area contributed by atoms with Gasteiger partial charge in [-0.25, -0.2) is 13.1 Å². The molecule has 1 aliphatic heterocycles. The molecular weight excluding hydrogens is 404 g/mol. The predicted molar refractivity (Wildman–Crippen MR) is 117 cm³/mol. The van der Waals surface area contributed by atoms with E-state index in [0.717, 1.165) is 29.8 Å². The van der Waals surface area contributed by atoms with Gasteiger partial charge in [0.25, 0.3) is 0 Å². The van der Waals surface area contributed by atoms with Gasteiger partial charge >= 0.3 is 0 Å². The van der Waals surface area contributed by atoms with Crippen molar-refractivity contribution >= 4 is 21.4 Å². The molecule has 0 bridgehead atoms. The lowest BCUT2D eigenvalue weighted by Gasteiger charge is -2.34. The first-order valence-corrected chi connectivity index (χ1v) is 12.1. The van der Waals surface area contributed by atoms with E-state index in [1.54, 1.807) is 23.5 Å². The number of hydrogen-bond acceptors (Lipinski definition) is 5. The first-order chi connectivity index (χ1) is 14.1. The van der Waals surface area contributed by atoms with E-state index < -0.39 is 10.0 Å². The molecule has 1 aromatic heterocycles. The average Bonchev–Trinajstić information content (AvgIpc) is 3.30. The summed E-state index contributed by atoms with van der Waals surface area (Å²) in [6, 6.07) is 19.0. The van der Waals surface area contributed by atoms with Gasteiger partial charge in [0.1, 0.15) is 0 Å². The van der Waals surface area contributed by atoms with E-state index in [1.807, 2.05) is 47.8 Å². The number of rotatable bonds is 7. The summed E-state index contributed by atoms with van der Waals surface area (Å²) in [7, 11) is -3.59. The number of sulfonamides is 1. The minimum atomic E-state index is -3.59. The van der Waals surface area contributed by atoms with Crippen molar-refractivity contribution in [2.45, 2.75) is 10.9 Å². The number of thiophene rings is 1. The third-order valence-corrected chi connectivity index (χ3v) is 7.29. The van der Waals surface area contributed by atoms with Crippen LogP contribution in [0.4, 0.5) is 0 Å². The van der Waals surface area contributed by atoms with Gasteiger partial charge in [-0.2, -0.15) is 11.3 Å². The molecule has 29 heavy (non-hydrogen) atoms. The van der Waals surface area contributed by atoms with E-state index in [-0.39, 0.29) is 10.9 Å². The molecule has 0 unspecified atom stereocenters. The van der Waals surface area contributed by atoms with E-state index in [1.165, 1.54) is 0 Å². The van der Waals surface area contributed by atoms with Crippen molar-refractivity contribution in [3.8, 4) is 11.1 Å². The largest absolute Gasteiger partial charge is 0.379 e. The van der Waals surface area contributed by atoms with Crippen LogP contribution in [0, 0.1) is 0 Å². The van der Waals surface area contributed by atoms with E-state index in [0.29, 0.717) is 19.8 Å². The molecule has 7 heteroatoms. The third kappa shape index (κ3) is 4.94. The van der Waals surface area contributed by atoms with Gasteiger partial charge in [-0.05, 0) is 45.6 Å². The van der Waals surface area contributed by atoms with Crippen LogP contribution in [0.5, 0.6) is 0 Å². The Morgan fingerprint density at radius 1 is 0.966 bits per heavy atom. The molecule has 4 rings (SSSR count). The van der Waals surface area contributed by atoms with Gasteiger partial charge in [-0.1, -0.05) is 42.5 Å². The molecule has 1 aliphatic rings. The average molecular weight is 429 g/mol. The molecule has 0 aliphatic carbocycles. The molecule has 1 fully saturated rings. The second-order valence-electron chi connectivity index (χ2n) is 6.96. The highest BCUT2D eigenvalue weighted by molar-refractivity contribution is 7.89. The van der Waals surface area contributed by atoms with Crippen molar-refractivity contribution in [2.75, 3.05) is 32.8 Å². The maximum Gasteiger partial charge on any atom is 0.240 e. The van der Waals surface area contributed by atoms with E-state index >= 15 is 0 Å². The Bertz CT molecular complexity index is 998. The predicted octanol–water partition coefficient (Wildman–Crippen LogP) is 3.77. The normalized spacial score (nSPS) is 16.6. The van der Waals surface area contributed by atoms with Crippen molar-refractivity contribution in [1.82, 2.24) is 9.62 Å². The van der Waals surface area contributed by atoms with Crippen LogP contribution in [0.25, 0.3) is 11.1 Å². The molecule has 152 valence electrons. The zero-order valence-electron chi connectivity index (χ0n) is 16.0. The summed E-state index contributed by atoms with van der Waals surface area (Å²) in [5.41, 5.74) is 3.20. The van der Waals surface area contributed by atoms with Crippen LogP contribution in [0.3, 0.4) is 0 Å². The zero-order valence-corrected chi connectivity index (χ0v) is 17.7. The van der Waals surface area contributed by atoms with Crippen LogP contribution in [-0.4, -0.2) is 46.2 Å². The number of nitrogens with zero attached hydrogens (tertiary/aromatic N) is 1. The molecule has 0 amide bonds. The Kier molecular flexibility index (Phi) is 6.42. The van der Waals surface area contributed by atoms with Gasteiger partial charge in [0.05, 0.1) is 18.1 Å². The maximum atomic E-state index is 12.9. The standard InChI is InChI=1S/C22H24N2O3S2/c25-29(26,21-8-6-19(7-9-21)18-4-2-1-3-5-18)23-16-22(20-10-15-28-17-20)24-11-13-27-14-12-24/h1-10,15,17,22-23H,11-14,16H2/t22-/m0/s1. The monoisotopic (exact) mass is 428 g/mol. The number of ether oxygens (including phenoxy) is 1. The smallest absolute Gasteiger partial charge is 0.240 e. The van der Waals surface area contributed by atoms with Crippen molar-refractivity contribution in [2.24, 2.45) is 0 Å². The number of morpholine rings is 1. The molecule has 3 aromatic rings. The quantitative estimate of drug-likeness (QED) is 0.622. The van der Waals surface area contributed by atoms with Crippen molar-refractivity contribution < 1.29 is 13.2 Å². The lowest BCUT2D eigenvalue weighted by Crippen LogP contribution is -2.43. The summed E-state index contributed by atoms with van der Waals surface area (Å²) in [4.78, 5) is 2.57. The highest BCUT2D eigenvalue weighted by atomic mass is 32.2. The SMILES string of the molecule is O=S(=O)(NC[C@@H](c1ccsc1)N1CCOCC1)c1ccc(-c2ccccc2)cc1. The minimum Gasteiger partial charge on any atom is -0.379 e. The summed E-state index contributed by atoms with van der Waals surface area (Å²) >= 11 is 1.63. The highest BCUT2D eigenvalue weighted by Crippen LogP contribution is 2.25. The van der Waals surface area contributed by atoms with Crippen molar-refractivity contribution in [3.05, 3.63) is 77.0 Å². The lowest BCUT2D eigenvalue weighted by atomic mass is 10.1. The van der Waals surface area contributed by atoms with Crippen molar-refractivity contribution in [1.29, 1.82) is 0 Å². The second-order valence-corrected chi connectivity index (χ2v) is 9.51. The molecule has 2 heterocycles. The number of benzene rings is 2. The molecule has 5 nitrogen and oxygen atoms in total. The maximum absolute atomic E-state index is 12.9. The van der Waals surface area contributed by atoms with Crippen LogP contribution in [0.2, 0.25) is 0 Å². The molecular formula is C22H24N2O3S2. The van der Waals surface area contributed by atoms with E-state index in [9.17, 15) is 8.42 Å². The Balaban J connectivity index is 1.48. The second kappa shape index (κ2) is 9.19. The third-order valence-electron chi connectivity index (χ3n) is 5.15. The Labute approximate surface area is 176 Å². The zero-order chi connectivity index (χ0) is 20.1. The summed E-state index contributed by atoms with van der Waals surface area (Å²) in [6.45, 7) is 3.28. The van der Waals surface area contributed by atoms with Crippen LogP contribution >= 0.6 is 11.3 Å². The van der Waals surface area contributed by atoms with Crippen LogP contribution < -0.4 is 4.72 Å². The fourth-order valence-electron chi connectivity index (χ4n) is 3.54. The highest BCUT2D eigenvalue weighted by Gasteiger charge is 2.25. The van der Waals surface area contributed by atoms with Gasteiger partial charge in [0.15, 0.2) is 0 Å². The fourth-order valence-corrected chi connectivity index (χ4v) is 5.29. The fraction of sp³-hybridized carbons (Fsp3) is 0.273. The van der Waals surface area contributed by atoms with Crippen LogP contribution in [0.15, 0.2) is 76.3 Å². The van der Waals surface area contributed by atoms with Crippen molar-refractivity contribution in [3.63, 3.8) is 0 Å². The summed E-state index contributed by atoms with van der Waals surface area (Å²) in [6.07, 6.45) is 0. The summed E-state index contributed by atoms with van der Waals surface area (Å²) in [5, 5.41) is 4.11. The Morgan fingerprint density at radius 2 is 1.66 bits per heavy atom. The van der Waals surface area contributed by atoms with Gasteiger partial charge < -0.3 is 4.74 Å². The lowest BCUT2D eigenvalue weighted by molar-refractivity contribution is 0.0173. The summed E-state index contributed by atoms with van der Waals surface area (Å²) in [5.74, 6) is 0. The first-order valence-electron chi connectivity index (χ1n) is 9.62. The molecule has 0 radical (unpaired) electrons. The minimum absolute atomic E-state index is 0.00326. The van der Waals surface area contributed by atoms with Crippen LogP contribution in [-0.2, 0) is 14.8 Å². The van der Waals surface area contributed by atoms with Gasteiger partial charge in [0.2, 0.25) is 10.0 Å². The Hall–Kier alpha value is -2.03.